The number of methoxy groups -OCH3 is 3. The van der Waals surface area contributed by atoms with Gasteiger partial charge in [0.15, 0.2) is 11.5 Å². The van der Waals surface area contributed by atoms with Crippen molar-refractivity contribution in [3.8, 4) is 0 Å². The van der Waals surface area contributed by atoms with Crippen LogP contribution in [0.5, 0.6) is 0 Å². The summed E-state index contributed by atoms with van der Waals surface area (Å²) in [6.07, 6.45) is 2.24. The summed E-state index contributed by atoms with van der Waals surface area (Å²) >= 11 is 0. The molecule has 1 heterocycles. The summed E-state index contributed by atoms with van der Waals surface area (Å²) in [6, 6.07) is 8.95. The van der Waals surface area contributed by atoms with Crippen LogP contribution in [-0.2, 0) is 14.2 Å². The fraction of sp³-hybridized carbons (Fsp3) is 0.316. The van der Waals surface area contributed by atoms with Crippen LogP contribution in [0.3, 0.4) is 0 Å². The lowest BCUT2D eigenvalue weighted by atomic mass is 10.0. The molecule has 0 amide bonds. The summed E-state index contributed by atoms with van der Waals surface area (Å²) in [5.74, 6) is 1.26. The summed E-state index contributed by atoms with van der Waals surface area (Å²) in [5.41, 5.74) is 1.88. The molecule has 0 saturated heterocycles. The number of rotatable bonds is 5. The second-order valence-electron chi connectivity index (χ2n) is 5.71. The Labute approximate surface area is 145 Å². The third-order valence-electron chi connectivity index (χ3n) is 4.37. The largest absolute Gasteiger partial charge is 0.494 e. The van der Waals surface area contributed by atoms with Crippen LogP contribution in [0.2, 0.25) is 0 Å². The minimum atomic E-state index is -0.389. The zero-order chi connectivity index (χ0) is 18.0. The van der Waals surface area contributed by atoms with Gasteiger partial charge in [0.2, 0.25) is 0 Å². The van der Waals surface area contributed by atoms with E-state index < -0.39 is 0 Å². The number of hydrogen-bond acceptors (Lipinski definition) is 6. The minimum absolute atomic E-state index is 0.256. The van der Waals surface area contributed by atoms with Crippen LogP contribution in [0.25, 0.3) is 11.0 Å². The average molecular weight is 343 g/mol. The third-order valence-corrected chi connectivity index (χ3v) is 4.37. The zero-order valence-corrected chi connectivity index (χ0v) is 14.7. The molecule has 2 aromatic rings. The lowest BCUT2D eigenvalue weighted by Gasteiger charge is -2.31. The van der Waals surface area contributed by atoms with E-state index in [-0.39, 0.29) is 11.7 Å². The minimum Gasteiger partial charge on any atom is -0.494 e. The van der Waals surface area contributed by atoms with Crippen molar-refractivity contribution >= 4 is 16.7 Å². The summed E-state index contributed by atoms with van der Waals surface area (Å²) in [7, 11) is 6.73. The van der Waals surface area contributed by atoms with Crippen molar-refractivity contribution in [2.24, 2.45) is 0 Å². The SMILES string of the molecule is COC1=C(OC)C(OC)CC(N(C)c2cc(=O)oc3ccccc23)=C1. The topological polar surface area (TPSA) is 61.1 Å². The van der Waals surface area contributed by atoms with Gasteiger partial charge in [0.25, 0.3) is 0 Å². The van der Waals surface area contributed by atoms with Crippen molar-refractivity contribution in [1.29, 1.82) is 0 Å². The van der Waals surface area contributed by atoms with Crippen molar-refractivity contribution in [1.82, 2.24) is 0 Å². The predicted octanol–water partition coefficient (Wildman–Crippen LogP) is 3.04. The third kappa shape index (κ3) is 3.13. The fourth-order valence-electron chi connectivity index (χ4n) is 3.07. The van der Waals surface area contributed by atoms with Gasteiger partial charge < -0.3 is 23.5 Å². The lowest BCUT2D eigenvalue weighted by Crippen LogP contribution is -2.28. The smallest absolute Gasteiger partial charge is 0.338 e. The first kappa shape index (κ1) is 17.1. The molecule has 0 aliphatic heterocycles. The summed E-state index contributed by atoms with van der Waals surface area (Å²) in [5, 5.41) is 0.861. The standard InChI is InChI=1S/C19H21NO5/c1-20(12-9-16(22-2)19(24-4)17(10-12)23-3)14-11-18(21)25-15-8-6-5-7-13(14)15/h5-9,11,17H,10H2,1-4H3. The van der Waals surface area contributed by atoms with E-state index >= 15 is 0 Å². The number of fused-ring (bicyclic) bond motifs is 1. The molecule has 1 aliphatic rings. The van der Waals surface area contributed by atoms with E-state index in [1.165, 1.54) is 6.07 Å². The van der Waals surface area contributed by atoms with Gasteiger partial charge in [-0.1, -0.05) is 12.1 Å². The van der Waals surface area contributed by atoms with Crippen LogP contribution in [-0.4, -0.2) is 34.5 Å². The highest BCUT2D eigenvalue weighted by Crippen LogP contribution is 2.33. The molecule has 0 radical (unpaired) electrons. The monoisotopic (exact) mass is 343 g/mol. The quantitative estimate of drug-likeness (QED) is 0.778. The van der Waals surface area contributed by atoms with Gasteiger partial charge in [0.1, 0.15) is 11.7 Å². The van der Waals surface area contributed by atoms with Crippen LogP contribution in [0.15, 0.2) is 62.8 Å². The van der Waals surface area contributed by atoms with Crippen LogP contribution in [0.1, 0.15) is 6.42 Å². The van der Waals surface area contributed by atoms with E-state index in [4.69, 9.17) is 18.6 Å². The molecule has 1 aliphatic carbocycles. The second kappa shape index (κ2) is 7.03. The van der Waals surface area contributed by atoms with Gasteiger partial charge in [-0.05, 0) is 12.1 Å². The normalized spacial score (nSPS) is 17.4. The molecule has 0 spiro atoms. The van der Waals surface area contributed by atoms with E-state index in [9.17, 15) is 4.79 Å². The Kier molecular flexibility index (Phi) is 4.81. The van der Waals surface area contributed by atoms with Crippen LogP contribution in [0.4, 0.5) is 5.69 Å². The number of ether oxygens (including phenoxy) is 3. The Hall–Kier alpha value is -2.73. The van der Waals surface area contributed by atoms with E-state index in [0.717, 1.165) is 16.8 Å². The van der Waals surface area contributed by atoms with Gasteiger partial charge in [-0.3, -0.25) is 0 Å². The van der Waals surface area contributed by atoms with Crippen molar-refractivity contribution < 1.29 is 18.6 Å². The Bertz CT molecular complexity index is 896. The van der Waals surface area contributed by atoms with Gasteiger partial charge in [0.05, 0.1) is 19.9 Å². The van der Waals surface area contributed by atoms with Crippen molar-refractivity contribution in [3.05, 3.63) is 64.0 Å². The number of allylic oxidation sites excluding steroid dienone is 1. The number of para-hydroxylation sites is 1. The number of hydrogen-bond donors (Lipinski definition) is 0. The molecule has 1 atom stereocenters. The van der Waals surface area contributed by atoms with Crippen molar-refractivity contribution in [2.75, 3.05) is 33.3 Å². The van der Waals surface area contributed by atoms with Crippen molar-refractivity contribution in [3.63, 3.8) is 0 Å². The Morgan fingerprint density at radius 2 is 1.92 bits per heavy atom. The van der Waals surface area contributed by atoms with Gasteiger partial charge in [-0.15, -0.1) is 0 Å². The number of nitrogens with zero attached hydrogens (tertiary/aromatic N) is 1. The molecule has 6 nitrogen and oxygen atoms in total. The molecule has 6 heteroatoms. The van der Waals surface area contributed by atoms with E-state index in [1.807, 2.05) is 36.2 Å². The molecule has 0 N–H and O–H groups in total. The highest BCUT2D eigenvalue weighted by atomic mass is 16.5. The predicted molar refractivity (Wildman–Crippen MR) is 95.4 cm³/mol. The highest BCUT2D eigenvalue weighted by molar-refractivity contribution is 5.90. The molecule has 3 rings (SSSR count). The summed E-state index contributed by atoms with van der Waals surface area (Å²) < 4.78 is 21.7. The molecular weight excluding hydrogens is 322 g/mol. The second-order valence-corrected chi connectivity index (χ2v) is 5.71. The maximum absolute atomic E-state index is 11.9. The molecule has 132 valence electrons. The molecule has 0 fully saturated rings. The Balaban J connectivity index is 2.10. The van der Waals surface area contributed by atoms with Gasteiger partial charge in [0, 0.05) is 43.8 Å². The van der Waals surface area contributed by atoms with E-state index in [1.54, 1.807) is 27.4 Å². The summed E-state index contributed by atoms with van der Waals surface area (Å²) in [6.45, 7) is 0. The summed E-state index contributed by atoms with van der Waals surface area (Å²) in [4.78, 5) is 13.9. The first-order valence-electron chi connectivity index (χ1n) is 7.91. The lowest BCUT2D eigenvalue weighted by molar-refractivity contribution is 0.0648. The molecule has 0 saturated carbocycles. The van der Waals surface area contributed by atoms with Crippen LogP contribution < -0.4 is 10.5 Å². The van der Waals surface area contributed by atoms with Gasteiger partial charge in [-0.25, -0.2) is 4.79 Å². The molecule has 1 aromatic carbocycles. The molecular formula is C19H21NO5. The number of benzene rings is 1. The van der Waals surface area contributed by atoms with Gasteiger partial charge in [-0.2, -0.15) is 0 Å². The van der Waals surface area contributed by atoms with Gasteiger partial charge >= 0.3 is 5.63 Å². The maximum atomic E-state index is 11.9. The van der Waals surface area contributed by atoms with Crippen LogP contribution in [0, 0.1) is 0 Å². The maximum Gasteiger partial charge on any atom is 0.338 e. The number of anilines is 1. The molecule has 25 heavy (non-hydrogen) atoms. The Morgan fingerprint density at radius 3 is 2.60 bits per heavy atom. The molecule has 1 unspecified atom stereocenters. The first-order chi connectivity index (χ1) is 12.1. The Morgan fingerprint density at radius 1 is 1.16 bits per heavy atom. The fourth-order valence-corrected chi connectivity index (χ4v) is 3.07. The molecule has 1 aromatic heterocycles. The molecule has 0 bridgehead atoms. The highest BCUT2D eigenvalue weighted by Gasteiger charge is 2.28. The van der Waals surface area contributed by atoms with E-state index in [0.29, 0.717) is 23.5 Å². The zero-order valence-electron chi connectivity index (χ0n) is 14.7. The first-order valence-corrected chi connectivity index (χ1v) is 7.91. The van der Waals surface area contributed by atoms with E-state index in [2.05, 4.69) is 0 Å². The van der Waals surface area contributed by atoms with Crippen molar-refractivity contribution in [2.45, 2.75) is 12.5 Å². The average Bonchev–Trinajstić information content (AvgIpc) is 2.65. The van der Waals surface area contributed by atoms with Crippen LogP contribution >= 0.6 is 0 Å².